The number of nitrogens with zero attached hydrogens (tertiary/aromatic N) is 2. The fraction of sp³-hybridized carbons (Fsp3) is 0.286. The third-order valence-corrected chi connectivity index (χ3v) is 7.51. The summed E-state index contributed by atoms with van der Waals surface area (Å²) in [5.74, 6) is -2.58. The van der Waals surface area contributed by atoms with Crippen LogP contribution in [0.4, 0.5) is 14.5 Å². The maximum absolute atomic E-state index is 13.2. The Bertz CT molecular complexity index is 1560. The minimum absolute atomic E-state index is 0.0154. The topological polar surface area (TPSA) is 141 Å². The minimum Gasteiger partial charge on any atom is -0.619 e. The molecule has 3 aromatic rings. The average molecular weight is 638 g/mol. The van der Waals surface area contributed by atoms with Gasteiger partial charge in [-0.2, -0.15) is 13.5 Å². The van der Waals surface area contributed by atoms with Gasteiger partial charge in [0.15, 0.2) is 23.9 Å². The lowest BCUT2D eigenvalue weighted by Crippen LogP contribution is -2.36. The number of amides is 2. The van der Waals surface area contributed by atoms with Gasteiger partial charge >= 0.3 is 12.6 Å². The summed E-state index contributed by atoms with van der Waals surface area (Å²) in [4.78, 5) is 39.8. The number of hydrogen-bond acceptors (Lipinski definition) is 9. The summed E-state index contributed by atoms with van der Waals surface area (Å²) in [7, 11) is 0. The molecule has 1 aromatic heterocycles. The number of nitrogens with one attached hydrogen (secondary N) is 1. The largest absolute Gasteiger partial charge is 0.619 e. The van der Waals surface area contributed by atoms with E-state index in [0.29, 0.717) is 9.63 Å². The molecular weight excluding hydrogens is 615 g/mol. The van der Waals surface area contributed by atoms with E-state index in [0.717, 1.165) is 25.2 Å². The maximum atomic E-state index is 13.2. The number of esters is 1. The van der Waals surface area contributed by atoms with E-state index in [1.54, 1.807) is 0 Å². The number of carbonyl (C=O) groups is 3. The average Bonchev–Trinajstić information content (AvgIpc) is 3.76. The molecule has 0 spiro atoms. The molecule has 15 heteroatoms. The van der Waals surface area contributed by atoms with Gasteiger partial charge in [-0.15, -0.1) is 0 Å². The summed E-state index contributed by atoms with van der Waals surface area (Å²) in [6.07, 6.45) is 2.60. The molecule has 11 nitrogen and oxygen atoms in total. The van der Waals surface area contributed by atoms with Gasteiger partial charge in [-0.1, -0.05) is 35.3 Å². The van der Waals surface area contributed by atoms with Gasteiger partial charge in [0.2, 0.25) is 0 Å². The first-order valence-corrected chi connectivity index (χ1v) is 13.7. The Labute approximate surface area is 253 Å². The predicted octanol–water partition coefficient (Wildman–Crippen LogP) is 4.94. The van der Waals surface area contributed by atoms with Crippen molar-refractivity contribution in [2.24, 2.45) is 5.92 Å². The van der Waals surface area contributed by atoms with E-state index in [2.05, 4.69) is 4.74 Å². The van der Waals surface area contributed by atoms with E-state index in [-0.39, 0.29) is 68.4 Å². The molecule has 2 aromatic carbocycles. The molecule has 0 saturated heterocycles. The minimum atomic E-state index is -3.12. The molecule has 2 amide bonds. The van der Waals surface area contributed by atoms with Crippen molar-refractivity contribution in [2.75, 3.05) is 18.6 Å². The molecule has 2 aliphatic rings. The third kappa shape index (κ3) is 6.74. The molecule has 5 rings (SSSR count). The van der Waals surface area contributed by atoms with Crippen LogP contribution in [0.2, 0.25) is 10.0 Å². The Morgan fingerprint density at radius 3 is 2.49 bits per heavy atom. The van der Waals surface area contributed by atoms with E-state index in [1.165, 1.54) is 36.4 Å². The van der Waals surface area contributed by atoms with E-state index in [9.17, 15) is 33.6 Å². The van der Waals surface area contributed by atoms with Crippen LogP contribution in [0.5, 0.6) is 11.5 Å². The zero-order valence-electron chi connectivity index (χ0n) is 22.1. The summed E-state index contributed by atoms with van der Waals surface area (Å²) in [6.45, 7) is -3.65. The molecular formula is C28H23Cl2F2N3O8. The summed E-state index contributed by atoms with van der Waals surface area (Å²) in [6, 6.07) is 8.18. The first kappa shape index (κ1) is 30.3. The van der Waals surface area contributed by atoms with Gasteiger partial charge in [0.25, 0.3) is 11.8 Å². The molecule has 1 aliphatic carbocycles. The van der Waals surface area contributed by atoms with Crippen LogP contribution in [0, 0.1) is 11.1 Å². The van der Waals surface area contributed by atoms with Crippen molar-refractivity contribution in [3.8, 4) is 11.5 Å². The second-order valence-corrected chi connectivity index (χ2v) is 10.7. The molecule has 1 atom stereocenters. The monoisotopic (exact) mass is 637 g/mol. The molecule has 43 heavy (non-hydrogen) atoms. The number of benzene rings is 2. The van der Waals surface area contributed by atoms with Crippen molar-refractivity contribution in [3.05, 3.63) is 86.3 Å². The van der Waals surface area contributed by atoms with Crippen LogP contribution >= 0.6 is 23.2 Å². The summed E-state index contributed by atoms with van der Waals surface area (Å²) >= 11 is 12.5. The highest BCUT2D eigenvalue weighted by Gasteiger charge is 2.39. The van der Waals surface area contributed by atoms with Crippen LogP contribution in [0.25, 0.3) is 0 Å². The number of imide groups is 1. The fourth-order valence-corrected chi connectivity index (χ4v) is 5.16. The number of alkyl halides is 2. The zero-order chi connectivity index (χ0) is 30.8. The summed E-state index contributed by atoms with van der Waals surface area (Å²) < 4.78 is 42.6. The maximum Gasteiger partial charge on any atom is 0.387 e. The van der Waals surface area contributed by atoms with E-state index in [4.69, 9.17) is 32.7 Å². The number of halogens is 4. The Morgan fingerprint density at radius 2 is 1.84 bits per heavy atom. The number of rotatable bonds is 12. The number of ether oxygens (including phenoxy) is 3. The number of carbonyl (C=O) groups excluding carboxylic acids is 3. The number of hydrogen-bond donors (Lipinski definition) is 2. The molecule has 0 radical (unpaired) electrons. The van der Waals surface area contributed by atoms with Crippen molar-refractivity contribution in [1.82, 2.24) is 4.90 Å². The Kier molecular flexibility index (Phi) is 8.85. The molecule has 0 bridgehead atoms. The fourth-order valence-electron chi connectivity index (χ4n) is 4.56. The molecule has 2 heterocycles. The second-order valence-electron chi connectivity index (χ2n) is 9.85. The van der Waals surface area contributed by atoms with Crippen LogP contribution in [-0.4, -0.2) is 47.7 Å². The standard InChI is InChI=1S/C28H23Cl2F2N3O8/c29-18-10-34(40)11-19(30)17(18)9-22(15-6-7-21(43-28(31)32)23(8-15)41-13-14-4-5-14)42-24(36)12-35-26(37)16-2-1-3-20(33-39)25(16)27(35)38/h1-3,6-8,10-11,14,22,28,33,39H,4-5,9,12-13H2/t22-/m0/s1. The molecule has 1 fully saturated rings. The Balaban J connectivity index is 1.44. The van der Waals surface area contributed by atoms with Crippen molar-refractivity contribution >= 4 is 46.7 Å². The highest BCUT2D eigenvalue weighted by molar-refractivity contribution is 6.35. The van der Waals surface area contributed by atoms with Gasteiger partial charge < -0.3 is 19.4 Å². The third-order valence-electron chi connectivity index (χ3n) is 6.85. The number of fused-ring (bicyclic) bond motifs is 1. The van der Waals surface area contributed by atoms with Crippen molar-refractivity contribution in [2.45, 2.75) is 32.0 Å². The van der Waals surface area contributed by atoms with Crippen LogP contribution in [0.1, 0.15) is 50.8 Å². The first-order valence-electron chi connectivity index (χ1n) is 12.9. The molecule has 226 valence electrons. The van der Waals surface area contributed by atoms with E-state index < -0.39 is 37.0 Å². The van der Waals surface area contributed by atoms with Gasteiger partial charge in [-0.25, -0.2) is 0 Å². The lowest BCUT2D eigenvalue weighted by Gasteiger charge is -2.22. The van der Waals surface area contributed by atoms with Gasteiger partial charge in [-0.05, 0) is 48.6 Å². The molecule has 0 unspecified atom stereocenters. The SMILES string of the molecule is O=C(CN1C(=O)c2cccc(NO)c2C1=O)O[C@@H](Cc1c(Cl)c[n+]([O-])cc1Cl)c1ccc(OC(F)F)c(OCC2CC2)c1. The van der Waals surface area contributed by atoms with Crippen LogP contribution < -0.4 is 19.7 Å². The van der Waals surface area contributed by atoms with E-state index in [1.807, 2.05) is 5.48 Å². The Hall–Kier alpha value is -4.20. The number of anilines is 1. The molecule has 1 aliphatic heterocycles. The highest BCUT2D eigenvalue weighted by atomic mass is 35.5. The quantitative estimate of drug-likeness (QED) is 0.0928. The van der Waals surface area contributed by atoms with Gasteiger partial charge in [-0.3, -0.25) is 30.0 Å². The first-order chi connectivity index (χ1) is 20.5. The van der Waals surface area contributed by atoms with Crippen molar-refractivity contribution in [3.63, 3.8) is 0 Å². The molecule has 2 N–H and O–H groups in total. The van der Waals surface area contributed by atoms with Gasteiger partial charge in [0.1, 0.15) is 22.7 Å². The van der Waals surface area contributed by atoms with E-state index >= 15 is 0 Å². The van der Waals surface area contributed by atoms with Gasteiger partial charge in [0.05, 0.1) is 23.4 Å². The Morgan fingerprint density at radius 1 is 1.12 bits per heavy atom. The molecule has 1 saturated carbocycles. The number of aromatic nitrogens is 1. The summed E-state index contributed by atoms with van der Waals surface area (Å²) in [5, 5.41) is 21.1. The lowest BCUT2D eigenvalue weighted by molar-refractivity contribution is -0.605. The highest BCUT2D eigenvalue weighted by Crippen LogP contribution is 2.38. The second kappa shape index (κ2) is 12.6. The predicted molar refractivity (Wildman–Crippen MR) is 146 cm³/mol. The van der Waals surface area contributed by atoms with Crippen LogP contribution in [0.15, 0.2) is 48.8 Å². The lowest BCUT2D eigenvalue weighted by atomic mass is 10.0. The normalized spacial score (nSPS) is 15.0. The van der Waals surface area contributed by atoms with Crippen molar-refractivity contribution in [1.29, 1.82) is 0 Å². The van der Waals surface area contributed by atoms with Crippen LogP contribution in [0.3, 0.4) is 0 Å². The summed E-state index contributed by atoms with van der Waals surface area (Å²) in [5.41, 5.74) is 2.21. The number of pyridine rings is 1. The smallest absolute Gasteiger partial charge is 0.387 e. The zero-order valence-corrected chi connectivity index (χ0v) is 23.6. The van der Waals surface area contributed by atoms with Crippen LogP contribution in [-0.2, 0) is 16.0 Å². The van der Waals surface area contributed by atoms with Crippen molar-refractivity contribution < 1.29 is 47.3 Å². The van der Waals surface area contributed by atoms with Gasteiger partial charge in [0, 0.05) is 12.0 Å².